The summed E-state index contributed by atoms with van der Waals surface area (Å²) in [7, 11) is 1.87. The Labute approximate surface area is 164 Å². The normalized spacial score (nSPS) is 23.1. The maximum atomic E-state index is 12.7. The summed E-state index contributed by atoms with van der Waals surface area (Å²) in [5.41, 5.74) is 0. The van der Waals surface area contributed by atoms with Crippen LogP contribution in [0.1, 0.15) is 57.8 Å². The third-order valence-electron chi connectivity index (χ3n) is 6.48. The first-order valence-corrected chi connectivity index (χ1v) is 11.1. The fourth-order valence-electron chi connectivity index (χ4n) is 4.77. The van der Waals surface area contributed by atoms with Gasteiger partial charge in [0.25, 0.3) is 0 Å². The number of ether oxygens (including phenoxy) is 1. The van der Waals surface area contributed by atoms with Crippen LogP contribution in [0.3, 0.4) is 0 Å². The number of guanidine groups is 1. The summed E-state index contributed by atoms with van der Waals surface area (Å²) >= 11 is 0. The van der Waals surface area contributed by atoms with E-state index in [0.717, 1.165) is 57.4 Å². The van der Waals surface area contributed by atoms with Gasteiger partial charge in [-0.1, -0.05) is 38.5 Å². The van der Waals surface area contributed by atoms with Crippen molar-refractivity contribution in [2.45, 2.75) is 57.8 Å². The fraction of sp³-hybridized carbons (Fsp3) is 0.905. The molecule has 1 aliphatic carbocycles. The van der Waals surface area contributed by atoms with E-state index in [1.54, 1.807) is 0 Å². The van der Waals surface area contributed by atoms with Crippen LogP contribution in [0.5, 0.6) is 0 Å². The van der Waals surface area contributed by atoms with Crippen molar-refractivity contribution in [2.75, 3.05) is 53.0 Å². The van der Waals surface area contributed by atoms with Gasteiger partial charge in [0.2, 0.25) is 5.91 Å². The van der Waals surface area contributed by atoms with Gasteiger partial charge >= 0.3 is 0 Å². The number of amides is 1. The molecule has 3 rings (SSSR count). The molecule has 6 heteroatoms. The molecule has 0 aromatic carbocycles. The van der Waals surface area contributed by atoms with Crippen LogP contribution in [0, 0.1) is 11.8 Å². The number of rotatable bonds is 6. The van der Waals surface area contributed by atoms with Crippen LogP contribution in [-0.4, -0.2) is 74.7 Å². The van der Waals surface area contributed by atoms with Gasteiger partial charge in [-0.25, -0.2) is 0 Å². The molecule has 3 aliphatic rings. The first-order chi connectivity index (χ1) is 13.3. The summed E-state index contributed by atoms with van der Waals surface area (Å²) in [5, 5.41) is 3.54. The minimum absolute atomic E-state index is 0.170. The second-order valence-electron chi connectivity index (χ2n) is 8.32. The van der Waals surface area contributed by atoms with Crippen molar-refractivity contribution in [3.05, 3.63) is 0 Å². The van der Waals surface area contributed by atoms with E-state index in [-0.39, 0.29) is 5.92 Å². The molecule has 0 radical (unpaired) electrons. The molecular formula is C21H38N4O2. The zero-order chi connectivity index (χ0) is 18.9. The minimum atomic E-state index is 0.170. The Kier molecular flexibility index (Phi) is 8.24. The molecule has 0 aromatic heterocycles. The predicted octanol–water partition coefficient (Wildman–Crippen LogP) is 2.49. The molecular weight excluding hydrogens is 340 g/mol. The Bertz CT molecular complexity index is 477. The number of morpholine rings is 1. The van der Waals surface area contributed by atoms with Crippen molar-refractivity contribution in [3.8, 4) is 0 Å². The molecule has 2 aliphatic heterocycles. The highest BCUT2D eigenvalue weighted by molar-refractivity contribution is 5.81. The van der Waals surface area contributed by atoms with Crippen molar-refractivity contribution < 1.29 is 9.53 Å². The average molecular weight is 379 g/mol. The van der Waals surface area contributed by atoms with Gasteiger partial charge in [-0.2, -0.15) is 0 Å². The van der Waals surface area contributed by atoms with E-state index in [4.69, 9.17) is 4.74 Å². The zero-order valence-corrected chi connectivity index (χ0v) is 17.1. The number of likely N-dealkylation sites (tertiary alicyclic amines) is 1. The smallest absolute Gasteiger partial charge is 0.225 e. The SMILES string of the molecule is CN=C(NCCCCC1CCCC1)N1CCC(C(=O)N2CCOCC2)CC1. The van der Waals surface area contributed by atoms with Crippen molar-refractivity contribution in [1.82, 2.24) is 15.1 Å². The van der Waals surface area contributed by atoms with Gasteiger partial charge in [-0.05, 0) is 25.2 Å². The van der Waals surface area contributed by atoms with Crippen LogP contribution in [0.15, 0.2) is 4.99 Å². The molecule has 2 saturated heterocycles. The van der Waals surface area contributed by atoms with Crippen LogP contribution in [0.25, 0.3) is 0 Å². The predicted molar refractivity (Wildman–Crippen MR) is 109 cm³/mol. The Morgan fingerprint density at radius 1 is 1.00 bits per heavy atom. The maximum absolute atomic E-state index is 12.7. The highest BCUT2D eigenvalue weighted by Crippen LogP contribution is 2.28. The van der Waals surface area contributed by atoms with Crippen LogP contribution in [-0.2, 0) is 9.53 Å². The number of piperidine rings is 1. The van der Waals surface area contributed by atoms with E-state index >= 15 is 0 Å². The van der Waals surface area contributed by atoms with Crippen LogP contribution >= 0.6 is 0 Å². The van der Waals surface area contributed by atoms with Gasteiger partial charge in [-0.3, -0.25) is 9.79 Å². The van der Waals surface area contributed by atoms with E-state index < -0.39 is 0 Å². The molecule has 0 unspecified atom stereocenters. The van der Waals surface area contributed by atoms with Crippen molar-refractivity contribution in [3.63, 3.8) is 0 Å². The molecule has 2 heterocycles. The third kappa shape index (κ3) is 6.09. The van der Waals surface area contributed by atoms with E-state index in [9.17, 15) is 4.79 Å². The zero-order valence-electron chi connectivity index (χ0n) is 17.1. The lowest BCUT2D eigenvalue weighted by atomic mass is 9.95. The quantitative estimate of drug-likeness (QED) is 0.438. The lowest BCUT2D eigenvalue weighted by molar-refractivity contribution is -0.140. The molecule has 27 heavy (non-hydrogen) atoms. The maximum Gasteiger partial charge on any atom is 0.225 e. The summed E-state index contributed by atoms with van der Waals surface area (Å²) in [6.07, 6.45) is 11.6. The van der Waals surface area contributed by atoms with Gasteiger partial charge in [0.05, 0.1) is 13.2 Å². The molecule has 1 N–H and O–H groups in total. The topological polar surface area (TPSA) is 57.2 Å². The summed E-state index contributed by atoms with van der Waals surface area (Å²) in [6.45, 7) is 5.72. The van der Waals surface area contributed by atoms with Crippen molar-refractivity contribution >= 4 is 11.9 Å². The summed E-state index contributed by atoms with van der Waals surface area (Å²) < 4.78 is 5.36. The van der Waals surface area contributed by atoms with E-state index in [1.165, 1.54) is 44.9 Å². The first-order valence-electron chi connectivity index (χ1n) is 11.1. The number of carbonyl (C=O) groups excluding carboxylic acids is 1. The van der Waals surface area contributed by atoms with Gasteiger partial charge in [0, 0.05) is 45.7 Å². The van der Waals surface area contributed by atoms with E-state index in [1.807, 2.05) is 11.9 Å². The number of hydrogen-bond donors (Lipinski definition) is 1. The second-order valence-corrected chi connectivity index (χ2v) is 8.32. The van der Waals surface area contributed by atoms with Gasteiger partial charge < -0.3 is 19.9 Å². The fourth-order valence-corrected chi connectivity index (χ4v) is 4.77. The number of aliphatic imine (C=N–C) groups is 1. The summed E-state index contributed by atoms with van der Waals surface area (Å²) in [5.74, 6) is 2.50. The monoisotopic (exact) mass is 378 g/mol. The minimum Gasteiger partial charge on any atom is -0.378 e. The number of carbonyl (C=O) groups is 1. The molecule has 0 bridgehead atoms. The van der Waals surface area contributed by atoms with Crippen LogP contribution < -0.4 is 5.32 Å². The molecule has 0 aromatic rings. The van der Waals surface area contributed by atoms with E-state index in [0.29, 0.717) is 19.1 Å². The van der Waals surface area contributed by atoms with E-state index in [2.05, 4.69) is 15.2 Å². The number of nitrogens with one attached hydrogen (secondary N) is 1. The number of hydrogen-bond acceptors (Lipinski definition) is 3. The van der Waals surface area contributed by atoms with Crippen molar-refractivity contribution in [1.29, 1.82) is 0 Å². The lowest BCUT2D eigenvalue weighted by Gasteiger charge is -2.36. The van der Waals surface area contributed by atoms with Gasteiger partial charge in [0.15, 0.2) is 5.96 Å². The number of unbranched alkanes of at least 4 members (excludes halogenated alkanes) is 1. The molecule has 0 atom stereocenters. The standard InChI is InChI=1S/C21H38N4O2/c1-22-21(23-11-5-4-8-18-6-2-3-7-18)25-12-9-19(10-13-25)20(26)24-14-16-27-17-15-24/h18-19H,2-17H2,1H3,(H,22,23). The van der Waals surface area contributed by atoms with Crippen molar-refractivity contribution in [2.24, 2.45) is 16.8 Å². The Morgan fingerprint density at radius 2 is 1.70 bits per heavy atom. The Balaban J connectivity index is 1.32. The molecule has 6 nitrogen and oxygen atoms in total. The highest BCUT2D eigenvalue weighted by Gasteiger charge is 2.30. The van der Waals surface area contributed by atoms with Gasteiger partial charge in [-0.15, -0.1) is 0 Å². The summed E-state index contributed by atoms with van der Waals surface area (Å²) in [6, 6.07) is 0. The Morgan fingerprint density at radius 3 is 2.37 bits per heavy atom. The Hall–Kier alpha value is -1.30. The van der Waals surface area contributed by atoms with Crippen LogP contribution in [0.2, 0.25) is 0 Å². The molecule has 0 spiro atoms. The largest absolute Gasteiger partial charge is 0.378 e. The lowest BCUT2D eigenvalue weighted by Crippen LogP contribution is -2.50. The van der Waals surface area contributed by atoms with Gasteiger partial charge in [0.1, 0.15) is 0 Å². The highest BCUT2D eigenvalue weighted by atomic mass is 16.5. The van der Waals surface area contributed by atoms with Crippen LogP contribution in [0.4, 0.5) is 0 Å². The second kappa shape index (κ2) is 10.9. The average Bonchev–Trinajstić information content (AvgIpc) is 3.24. The molecule has 3 fully saturated rings. The summed E-state index contributed by atoms with van der Waals surface area (Å²) in [4.78, 5) is 21.4. The molecule has 154 valence electrons. The third-order valence-corrected chi connectivity index (χ3v) is 6.48. The first kappa shape index (κ1) is 20.4. The number of nitrogens with zero attached hydrogens (tertiary/aromatic N) is 3. The molecule has 1 saturated carbocycles. The molecule has 1 amide bonds.